The van der Waals surface area contributed by atoms with E-state index in [0.717, 1.165) is 45.1 Å². The Hall–Kier alpha value is -0.120. The number of piperidine rings is 1. The number of aliphatic hydroxyl groups is 1. The van der Waals surface area contributed by atoms with Gasteiger partial charge in [0.05, 0.1) is 6.10 Å². The van der Waals surface area contributed by atoms with E-state index < -0.39 is 0 Å². The van der Waals surface area contributed by atoms with Crippen molar-refractivity contribution in [2.24, 2.45) is 5.92 Å². The summed E-state index contributed by atoms with van der Waals surface area (Å²) in [6.07, 6.45) is 3.50. The van der Waals surface area contributed by atoms with Crippen molar-refractivity contribution in [3.05, 3.63) is 0 Å². The van der Waals surface area contributed by atoms with E-state index in [0.29, 0.717) is 0 Å². The number of hydrogen-bond acceptors (Lipinski definition) is 3. The van der Waals surface area contributed by atoms with Crippen LogP contribution in [0.3, 0.4) is 0 Å². The molecule has 1 aliphatic rings. The fourth-order valence-electron chi connectivity index (χ4n) is 2.05. The van der Waals surface area contributed by atoms with Crippen LogP contribution < -0.4 is 5.32 Å². The molecule has 0 aromatic heterocycles. The quantitative estimate of drug-likeness (QED) is 0.650. The number of aliphatic hydroxyl groups excluding tert-OH is 1. The molecule has 1 saturated heterocycles. The first-order valence-electron chi connectivity index (χ1n) is 6.33. The molecule has 1 fully saturated rings. The molecule has 1 unspecified atom stereocenters. The minimum Gasteiger partial charge on any atom is -0.390 e. The van der Waals surface area contributed by atoms with Gasteiger partial charge in [-0.15, -0.1) is 0 Å². The summed E-state index contributed by atoms with van der Waals surface area (Å²) in [6, 6.07) is 0. The number of rotatable bonds is 6. The summed E-state index contributed by atoms with van der Waals surface area (Å²) in [5.41, 5.74) is 0. The van der Waals surface area contributed by atoms with Crippen molar-refractivity contribution >= 4 is 0 Å². The molecule has 1 rings (SSSR count). The third-order valence-electron chi connectivity index (χ3n) is 3.15. The van der Waals surface area contributed by atoms with Crippen LogP contribution in [-0.2, 0) is 0 Å². The van der Waals surface area contributed by atoms with Gasteiger partial charge in [0.2, 0.25) is 0 Å². The van der Waals surface area contributed by atoms with E-state index in [1.54, 1.807) is 0 Å². The first-order valence-corrected chi connectivity index (χ1v) is 6.33. The highest BCUT2D eigenvalue weighted by atomic mass is 16.3. The Balaban J connectivity index is 2.06. The van der Waals surface area contributed by atoms with E-state index in [4.69, 9.17) is 0 Å². The van der Waals surface area contributed by atoms with Crippen molar-refractivity contribution in [2.45, 2.75) is 39.2 Å². The highest BCUT2D eigenvalue weighted by molar-refractivity contribution is 4.73. The van der Waals surface area contributed by atoms with Crippen LogP contribution in [0.2, 0.25) is 0 Å². The Morgan fingerprint density at radius 2 is 2.07 bits per heavy atom. The molecule has 3 nitrogen and oxygen atoms in total. The van der Waals surface area contributed by atoms with Gasteiger partial charge in [0.1, 0.15) is 0 Å². The van der Waals surface area contributed by atoms with Gasteiger partial charge < -0.3 is 15.3 Å². The fraction of sp³-hybridized carbons (Fsp3) is 1.00. The fourth-order valence-corrected chi connectivity index (χ4v) is 2.05. The lowest BCUT2D eigenvalue weighted by Crippen LogP contribution is -2.42. The topological polar surface area (TPSA) is 35.5 Å². The maximum absolute atomic E-state index is 9.79. The van der Waals surface area contributed by atoms with E-state index in [1.165, 1.54) is 12.8 Å². The molecular formula is C12H26N2O. The van der Waals surface area contributed by atoms with Crippen LogP contribution in [0.25, 0.3) is 0 Å². The van der Waals surface area contributed by atoms with Crippen molar-refractivity contribution in [2.75, 3.05) is 32.7 Å². The van der Waals surface area contributed by atoms with Crippen LogP contribution >= 0.6 is 0 Å². The van der Waals surface area contributed by atoms with Gasteiger partial charge in [0.15, 0.2) is 0 Å². The standard InChI is InChI=1S/C12H26N2O/c1-3-6-13-9-12(15)10-14-7-4-11(2)5-8-14/h11-13,15H,3-10H2,1-2H3. The molecule has 0 aliphatic carbocycles. The number of hydrogen-bond donors (Lipinski definition) is 2. The molecule has 1 heterocycles. The van der Waals surface area contributed by atoms with Crippen molar-refractivity contribution in [1.82, 2.24) is 10.2 Å². The molecule has 0 spiro atoms. The number of β-amino-alcohol motifs (C(OH)–C–C–N with tert-alkyl or cyclic N) is 1. The lowest BCUT2D eigenvalue weighted by atomic mass is 9.99. The van der Waals surface area contributed by atoms with Gasteiger partial charge in [-0.1, -0.05) is 13.8 Å². The summed E-state index contributed by atoms with van der Waals surface area (Å²) < 4.78 is 0. The van der Waals surface area contributed by atoms with Gasteiger partial charge in [-0.2, -0.15) is 0 Å². The molecule has 3 heteroatoms. The Morgan fingerprint density at radius 1 is 1.40 bits per heavy atom. The molecule has 90 valence electrons. The lowest BCUT2D eigenvalue weighted by molar-refractivity contribution is 0.0910. The second-order valence-corrected chi connectivity index (χ2v) is 4.84. The predicted octanol–water partition coefficient (Wildman–Crippen LogP) is 1.08. The second-order valence-electron chi connectivity index (χ2n) is 4.84. The average Bonchev–Trinajstić information content (AvgIpc) is 2.22. The van der Waals surface area contributed by atoms with Crippen molar-refractivity contribution in [1.29, 1.82) is 0 Å². The Kier molecular flexibility index (Phi) is 6.22. The largest absolute Gasteiger partial charge is 0.390 e. The van der Waals surface area contributed by atoms with Crippen LogP contribution in [0.4, 0.5) is 0 Å². The van der Waals surface area contributed by atoms with E-state index >= 15 is 0 Å². The highest BCUT2D eigenvalue weighted by Gasteiger charge is 2.17. The summed E-state index contributed by atoms with van der Waals surface area (Å²) in [5.74, 6) is 0.872. The van der Waals surface area contributed by atoms with Crippen LogP contribution in [0.5, 0.6) is 0 Å². The van der Waals surface area contributed by atoms with E-state index in [9.17, 15) is 5.11 Å². The van der Waals surface area contributed by atoms with Gasteiger partial charge in [0, 0.05) is 13.1 Å². The normalized spacial score (nSPS) is 21.8. The monoisotopic (exact) mass is 214 g/mol. The maximum Gasteiger partial charge on any atom is 0.0791 e. The third-order valence-corrected chi connectivity index (χ3v) is 3.15. The molecule has 0 aromatic rings. The minimum atomic E-state index is -0.204. The summed E-state index contributed by atoms with van der Waals surface area (Å²) in [5, 5.41) is 13.0. The maximum atomic E-state index is 9.79. The molecule has 0 bridgehead atoms. The van der Waals surface area contributed by atoms with Gasteiger partial charge >= 0.3 is 0 Å². The second kappa shape index (κ2) is 7.20. The molecule has 0 aromatic carbocycles. The van der Waals surface area contributed by atoms with Crippen molar-refractivity contribution in [3.8, 4) is 0 Å². The summed E-state index contributed by atoms with van der Waals surface area (Å²) in [4.78, 5) is 2.39. The molecule has 0 amide bonds. The smallest absolute Gasteiger partial charge is 0.0791 e. The molecule has 0 saturated carbocycles. The minimum absolute atomic E-state index is 0.204. The number of likely N-dealkylation sites (tertiary alicyclic amines) is 1. The van der Waals surface area contributed by atoms with Crippen molar-refractivity contribution in [3.63, 3.8) is 0 Å². The zero-order valence-electron chi connectivity index (χ0n) is 10.2. The van der Waals surface area contributed by atoms with Gasteiger partial charge in [-0.05, 0) is 44.8 Å². The Morgan fingerprint density at radius 3 is 2.67 bits per heavy atom. The van der Waals surface area contributed by atoms with Crippen LogP contribution in [0, 0.1) is 5.92 Å². The Bertz CT molecular complexity index is 156. The summed E-state index contributed by atoms with van der Waals surface area (Å²) in [7, 11) is 0. The molecule has 1 atom stereocenters. The summed E-state index contributed by atoms with van der Waals surface area (Å²) >= 11 is 0. The zero-order valence-corrected chi connectivity index (χ0v) is 10.2. The SMILES string of the molecule is CCCNCC(O)CN1CCC(C)CC1. The lowest BCUT2D eigenvalue weighted by Gasteiger charge is -2.31. The van der Waals surface area contributed by atoms with Gasteiger partial charge in [0.25, 0.3) is 0 Å². The summed E-state index contributed by atoms with van der Waals surface area (Å²) in [6.45, 7) is 9.36. The van der Waals surface area contributed by atoms with E-state index in [-0.39, 0.29) is 6.10 Å². The predicted molar refractivity (Wildman–Crippen MR) is 64.0 cm³/mol. The van der Waals surface area contributed by atoms with Crippen LogP contribution in [0.15, 0.2) is 0 Å². The molecule has 15 heavy (non-hydrogen) atoms. The van der Waals surface area contributed by atoms with Crippen LogP contribution in [0.1, 0.15) is 33.1 Å². The average molecular weight is 214 g/mol. The number of nitrogens with one attached hydrogen (secondary N) is 1. The first kappa shape index (κ1) is 12.9. The highest BCUT2D eigenvalue weighted by Crippen LogP contribution is 2.15. The molecule has 2 N–H and O–H groups in total. The zero-order chi connectivity index (χ0) is 11.1. The van der Waals surface area contributed by atoms with Crippen molar-refractivity contribution < 1.29 is 5.11 Å². The number of nitrogens with zero attached hydrogens (tertiary/aromatic N) is 1. The molecular weight excluding hydrogens is 188 g/mol. The molecule has 0 radical (unpaired) electrons. The van der Waals surface area contributed by atoms with E-state index in [2.05, 4.69) is 24.1 Å². The third kappa shape index (κ3) is 5.50. The van der Waals surface area contributed by atoms with Crippen LogP contribution in [-0.4, -0.2) is 48.8 Å². The Labute approximate surface area is 93.9 Å². The van der Waals surface area contributed by atoms with Gasteiger partial charge in [-0.25, -0.2) is 0 Å². The first-order chi connectivity index (χ1) is 7.22. The molecule has 1 aliphatic heterocycles. The van der Waals surface area contributed by atoms with Gasteiger partial charge in [-0.3, -0.25) is 0 Å². The van der Waals surface area contributed by atoms with E-state index in [1.807, 2.05) is 0 Å².